The summed E-state index contributed by atoms with van der Waals surface area (Å²) < 4.78 is 0. The van der Waals surface area contributed by atoms with Crippen LogP contribution in [0.5, 0.6) is 0 Å². The number of rotatable bonds is 2. The van der Waals surface area contributed by atoms with Crippen molar-refractivity contribution in [1.29, 1.82) is 5.26 Å². The Labute approximate surface area is 111 Å². The normalized spacial score (nSPS) is 11.7. The Balaban J connectivity index is 2.89. The van der Waals surface area contributed by atoms with Crippen molar-refractivity contribution in [3.8, 4) is 12.1 Å². The molecule has 19 heavy (non-hydrogen) atoms. The SMILES string of the molecule is CC(=CC(=O)c1ccccc1)[N+]#C/C(N)=C(/N)C#N. The van der Waals surface area contributed by atoms with Crippen LogP contribution in [0, 0.1) is 17.4 Å². The molecule has 0 unspecified atom stereocenters. The van der Waals surface area contributed by atoms with Crippen LogP contribution in [0.25, 0.3) is 4.85 Å². The van der Waals surface area contributed by atoms with E-state index in [9.17, 15) is 4.79 Å². The second-order valence-corrected chi connectivity index (χ2v) is 3.68. The van der Waals surface area contributed by atoms with Crippen molar-refractivity contribution < 1.29 is 4.79 Å². The van der Waals surface area contributed by atoms with Crippen molar-refractivity contribution in [2.75, 3.05) is 0 Å². The lowest BCUT2D eigenvalue weighted by molar-refractivity contribution is 0.104. The van der Waals surface area contributed by atoms with E-state index >= 15 is 0 Å². The highest BCUT2D eigenvalue weighted by atomic mass is 16.1. The quantitative estimate of drug-likeness (QED) is 0.476. The predicted octanol–water partition coefficient (Wildman–Crippen LogP) is 1.76. The molecule has 0 aliphatic rings. The summed E-state index contributed by atoms with van der Waals surface area (Å²) in [6, 6.07) is 12.9. The number of nitrogens with zero attached hydrogens (tertiary/aromatic N) is 2. The van der Waals surface area contributed by atoms with Crippen molar-refractivity contribution in [2.45, 2.75) is 6.92 Å². The van der Waals surface area contributed by atoms with E-state index in [1.165, 1.54) is 6.08 Å². The maximum absolute atomic E-state index is 11.8. The molecule has 0 heterocycles. The van der Waals surface area contributed by atoms with Gasteiger partial charge in [-0.15, -0.1) is 0 Å². The van der Waals surface area contributed by atoms with Crippen LogP contribution in [0.3, 0.4) is 0 Å². The molecule has 0 saturated heterocycles. The molecule has 4 N–H and O–H groups in total. The van der Waals surface area contributed by atoms with Gasteiger partial charge >= 0.3 is 11.8 Å². The molecule has 0 atom stereocenters. The lowest BCUT2D eigenvalue weighted by Gasteiger charge is -1.91. The van der Waals surface area contributed by atoms with Gasteiger partial charge < -0.3 is 11.5 Å². The number of allylic oxidation sites excluding steroid dienone is 4. The van der Waals surface area contributed by atoms with Crippen LogP contribution in [0.1, 0.15) is 17.3 Å². The number of hydrogen-bond donors (Lipinski definition) is 2. The Morgan fingerprint density at radius 2 is 1.89 bits per heavy atom. The first-order chi connectivity index (χ1) is 9.04. The summed E-state index contributed by atoms with van der Waals surface area (Å²) in [6.45, 7) is 1.63. The molecule has 0 spiro atoms. The number of nitriles is 1. The summed E-state index contributed by atoms with van der Waals surface area (Å²) in [5.41, 5.74) is 11.5. The third-order valence-electron chi connectivity index (χ3n) is 2.16. The second kappa shape index (κ2) is 6.63. The van der Waals surface area contributed by atoms with Crippen molar-refractivity contribution >= 4 is 5.78 Å². The maximum atomic E-state index is 11.8. The fourth-order valence-electron chi connectivity index (χ4n) is 1.18. The number of ketones is 1. The van der Waals surface area contributed by atoms with Gasteiger partial charge in [-0.25, -0.2) is 0 Å². The van der Waals surface area contributed by atoms with Crippen molar-refractivity contribution in [3.05, 3.63) is 63.9 Å². The van der Waals surface area contributed by atoms with Gasteiger partial charge in [0.15, 0.2) is 11.5 Å². The van der Waals surface area contributed by atoms with Gasteiger partial charge in [-0.05, 0) is 4.85 Å². The van der Waals surface area contributed by atoms with Crippen LogP contribution in [0.15, 0.2) is 53.5 Å². The van der Waals surface area contributed by atoms with E-state index in [0.29, 0.717) is 11.3 Å². The average molecular weight is 253 g/mol. The standard InChI is InChI=1S/C14H12N4O/c1-10(18-9-13(17)12(16)8-15)7-14(19)11-5-3-2-4-6-11/h2-7,16H,17H2,1H3/p+1. The highest BCUT2D eigenvalue weighted by molar-refractivity contribution is 6.04. The van der Waals surface area contributed by atoms with Crippen molar-refractivity contribution in [2.24, 2.45) is 11.5 Å². The van der Waals surface area contributed by atoms with Crippen LogP contribution >= 0.6 is 0 Å². The van der Waals surface area contributed by atoms with Gasteiger partial charge in [-0.1, -0.05) is 30.3 Å². The molecule has 0 aromatic heterocycles. The van der Waals surface area contributed by atoms with Gasteiger partial charge in [0.05, 0.1) is 6.08 Å². The molecule has 1 rings (SSSR count). The van der Waals surface area contributed by atoms with E-state index in [-0.39, 0.29) is 17.2 Å². The summed E-state index contributed by atoms with van der Waals surface area (Å²) in [7, 11) is 0. The molecule has 0 bridgehead atoms. The first kappa shape index (κ1) is 14.0. The van der Waals surface area contributed by atoms with Crippen LogP contribution in [-0.2, 0) is 0 Å². The molecule has 5 nitrogen and oxygen atoms in total. The summed E-state index contributed by atoms with van der Waals surface area (Å²) in [4.78, 5) is 15.6. The Morgan fingerprint density at radius 1 is 1.26 bits per heavy atom. The Hall–Kier alpha value is -3.05. The van der Waals surface area contributed by atoms with E-state index in [0.717, 1.165) is 0 Å². The minimum absolute atomic E-state index is 0.0533. The smallest absolute Gasteiger partial charge is 0.340 e. The number of carbonyl (C=O) groups is 1. The molecule has 1 aromatic rings. The zero-order valence-electron chi connectivity index (χ0n) is 10.4. The molecule has 0 fully saturated rings. The Morgan fingerprint density at radius 3 is 2.47 bits per heavy atom. The summed E-state index contributed by atoms with van der Waals surface area (Å²) in [5.74, 6) is -0.167. The van der Waals surface area contributed by atoms with E-state index in [1.54, 1.807) is 37.3 Å². The largest absolute Gasteiger partial charge is 0.388 e. The van der Waals surface area contributed by atoms with Crippen molar-refractivity contribution in [3.63, 3.8) is 0 Å². The summed E-state index contributed by atoms with van der Waals surface area (Å²) >= 11 is 0. The van der Waals surface area contributed by atoms with E-state index < -0.39 is 0 Å². The van der Waals surface area contributed by atoms with Gasteiger partial charge in [0.2, 0.25) is 0 Å². The number of benzene rings is 1. The average Bonchev–Trinajstić information content (AvgIpc) is 2.44. The van der Waals surface area contributed by atoms with Crippen LogP contribution in [0.2, 0.25) is 0 Å². The zero-order valence-corrected chi connectivity index (χ0v) is 10.4. The Kier molecular flexibility index (Phi) is 4.89. The monoisotopic (exact) mass is 253 g/mol. The summed E-state index contributed by atoms with van der Waals surface area (Å²) in [5, 5.41) is 8.50. The molecular weight excluding hydrogens is 240 g/mol. The second-order valence-electron chi connectivity index (χ2n) is 3.68. The third-order valence-corrected chi connectivity index (χ3v) is 2.16. The van der Waals surface area contributed by atoms with Gasteiger partial charge in [-0.2, -0.15) is 5.26 Å². The molecule has 94 valence electrons. The van der Waals surface area contributed by atoms with Gasteiger partial charge in [0.25, 0.3) is 0 Å². The first-order valence-electron chi connectivity index (χ1n) is 5.44. The van der Waals surface area contributed by atoms with Gasteiger partial charge in [-0.3, -0.25) is 4.79 Å². The van der Waals surface area contributed by atoms with Gasteiger partial charge in [0, 0.05) is 12.5 Å². The molecule has 0 aliphatic heterocycles. The highest BCUT2D eigenvalue weighted by Crippen LogP contribution is 2.04. The zero-order chi connectivity index (χ0) is 14.3. The third kappa shape index (κ3) is 4.37. The molecule has 0 aliphatic carbocycles. The topological polar surface area (TPSA) is 97.3 Å². The Bertz CT molecular complexity index is 640. The number of carbonyl (C=O) groups excluding carboxylic acids is 1. The molecule has 0 radical (unpaired) electrons. The predicted molar refractivity (Wildman–Crippen MR) is 72.8 cm³/mol. The lowest BCUT2D eigenvalue weighted by atomic mass is 10.1. The molecule has 0 amide bonds. The molecular formula is C14H13N4O+. The fourth-order valence-corrected chi connectivity index (χ4v) is 1.18. The maximum Gasteiger partial charge on any atom is 0.340 e. The molecule has 5 heteroatoms. The summed E-state index contributed by atoms with van der Waals surface area (Å²) in [6.07, 6.45) is 1.36. The first-order valence-corrected chi connectivity index (χ1v) is 5.44. The van der Waals surface area contributed by atoms with Crippen molar-refractivity contribution in [1.82, 2.24) is 0 Å². The lowest BCUT2D eigenvalue weighted by Crippen LogP contribution is -2.05. The van der Waals surface area contributed by atoms with Crippen LogP contribution in [-0.4, -0.2) is 5.78 Å². The number of nitrogens with two attached hydrogens (primary N) is 2. The minimum atomic E-state index is -0.167. The number of hydrogen-bond acceptors (Lipinski definition) is 4. The van der Waals surface area contributed by atoms with E-state index in [1.807, 2.05) is 6.07 Å². The van der Waals surface area contributed by atoms with Crippen LogP contribution in [0.4, 0.5) is 0 Å². The van der Waals surface area contributed by atoms with E-state index in [2.05, 4.69) is 10.9 Å². The van der Waals surface area contributed by atoms with E-state index in [4.69, 9.17) is 16.7 Å². The van der Waals surface area contributed by atoms with Gasteiger partial charge in [0.1, 0.15) is 11.8 Å². The highest BCUT2D eigenvalue weighted by Gasteiger charge is 2.07. The molecule has 0 saturated carbocycles. The van der Waals surface area contributed by atoms with Crippen LogP contribution < -0.4 is 11.5 Å². The molecule has 1 aromatic carbocycles. The fraction of sp³-hybridized carbons (Fsp3) is 0.0714. The minimum Gasteiger partial charge on any atom is -0.388 e.